The summed E-state index contributed by atoms with van der Waals surface area (Å²) in [5.41, 5.74) is 0. The van der Waals surface area contributed by atoms with Crippen LogP contribution < -0.4 is 4.72 Å². The fraction of sp³-hybridized carbons (Fsp3) is 0.615. The summed E-state index contributed by atoms with van der Waals surface area (Å²) in [5.74, 6) is -0.939. The third-order valence-corrected chi connectivity index (χ3v) is 6.22. The summed E-state index contributed by atoms with van der Waals surface area (Å²) in [5, 5.41) is 10.5. The Morgan fingerprint density at radius 3 is 2.86 bits per heavy atom. The molecule has 21 heavy (non-hydrogen) atoms. The van der Waals surface area contributed by atoms with Crippen LogP contribution in [0.5, 0.6) is 0 Å². The van der Waals surface area contributed by atoms with E-state index < -0.39 is 16.0 Å². The van der Waals surface area contributed by atoms with E-state index in [0.29, 0.717) is 12.6 Å². The number of likely N-dealkylation sites (tertiary alicyclic amines) is 1. The Morgan fingerprint density at radius 2 is 2.29 bits per heavy atom. The number of thiophene rings is 1. The van der Waals surface area contributed by atoms with E-state index >= 15 is 0 Å². The molecule has 1 atom stereocenters. The van der Waals surface area contributed by atoms with Crippen molar-refractivity contribution in [3.8, 4) is 0 Å². The Kier molecular flexibility index (Phi) is 5.03. The molecular weight excluding hydrogens is 312 g/mol. The van der Waals surface area contributed by atoms with Crippen LogP contribution in [0.2, 0.25) is 0 Å². The molecule has 2 N–H and O–H groups in total. The zero-order chi connectivity index (χ0) is 15.6. The molecule has 0 aliphatic carbocycles. The molecule has 1 aromatic heterocycles. The van der Waals surface area contributed by atoms with E-state index in [0.717, 1.165) is 30.8 Å². The molecule has 0 amide bonds. The lowest BCUT2D eigenvalue weighted by Crippen LogP contribution is -2.33. The molecule has 8 heteroatoms. The third-order valence-electron chi connectivity index (χ3n) is 3.72. The van der Waals surface area contributed by atoms with E-state index in [-0.39, 0.29) is 15.7 Å². The third kappa shape index (κ3) is 3.82. The number of carboxylic acids is 1. The molecule has 6 nitrogen and oxygen atoms in total. The van der Waals surface area contributed by atoms with Crippen LogP contribution in [0.1, 0.15) is 29.9 Å². The summed E-state index contributed by atoms with van der Waals surface area (Å²) >= 11 is 0.920. The fourth-order valence-corrected chi connectivity index (χ4v) is 4.84. The second-order valence-electron chi connectivity index (χ2n) is 5.51. The molecule has 1 aliphatic rings. The quantitative estimate of drug-likeness (QED) is 0.823. The van der Waals surface area contributed by atoms with Gasteiger partial charge < -0.3 is 10.0 Å². The molecule has 2 rings (SSSR count). The number of hydrogen-bond acceptors (Lipinski definition) is 5. The first-order valence-corrected chi connectivity index (χ1v) is 9.22. The van der Waals surface area contributed by atoms with E-state index in [1.165, 1.54) is 11.4 Å². The van der Waals surface area contributed by atoms with Gasteiger partial charge in [0.25, 0.3) is 0 Å². The maximum absolute atomic E-state index is 12.2. The highest BCUT2D eigenvalue weighted by Gasteiger charge is 2.28. The topological polar surface area (TPSA) is 86.7 Å². The molecular formula is C13H20N2O4S2. The Balaban J connectivity index is 1.99. The zero-order valence-electron chi connectivity index (χ0n) is 12.1. The van der Waals surface area contributed by atoms with E-state index in [1.807, 2.05) is 0 Å². The minimum atomic E-state index is -3.76. The van der Waals surface area contributed by atoms with Crippen LogP contribution in [-0.2, 0) is 10.0 Å². The van der Waals surface area contributed by atoms with Crippen LogP contribution in [0.4, 0.5) is 0 Å². The number of carbonyl (C=O) groups is 1. The Morgan fingerprint density at radius 1 is 1.57 bits per heavy atom. The minimum absolute atomic E-state index is 0.140. The van der Waals surface area contributed by atoms with E-state index in [1.54, 1.807) is 0 Å². The molecule has 0 radical (unpaired) electrons. The van der Waals surface area contributed by atoms with Crippen molar-refractivity contribution >= 4 is 27.3 Å². The van der Waals surface area contributed by atoms with Crippen LogP contribution in [0, 0.1) is 5.92 Å². The van der Waals surface area contributed by atoms with Gasteiger partial charge in [-0.05, 0) is 44.2 Å². The normalized spacial score (nSPS) is 20.2. The van der Waals surface area contributed by atoms with Crippen LogP contribution in [-0.4, -0.2) is 50.1 Å². The molecule has 0 aromatic carbocycles. The summed E-state index contributed by atoms with van der Waals surface area (Å²) < 4.78 is 27.0. The van der Waals surface area contributed by atoms with Gasteiger partial charge in [0, 0.05) is 19.1 Å². The van der Waals surface area contributed by atoms with Crippen LogP contribution in [0.25, 0.3) is 0 Å². The molecule has 2 heterocycles. The van der Waals surface area contributed by atoms with Gasteiger partial charge in [-0.15, -0.1) is 11.3 Å². The second kappa shape index (κ2) is 6.43. The highest BCUT2D eigenvalue weighted by Crippen LogP contribution is 2.23. The molecule has 1 unspecified atom stereocenters. The monoisotopic (exact) mass is 332 g/mol. The first-order valence-electron chi connectivity index (χ1n) is 6.85. The highest BCUT2D eigenvalue weighted by atomic mass is 32.2. The average Bonchev–Trinajstić information content (AvgIpc) is 3.06. The van der Waals surface area contributed by atoms with Gasteiger partial charge in [-0.25, -0.2) is 17.9 Å². The standard InChI is InChI=1S/C13H20N2O4S2/c1-9(2)15-5-3-10(8-15)7-14-21(18,19)11-4-6-20-12(11)13(16)17/h4,6,9-10,14H,3,5,7-8H2,1-2H3,(H,16,17). The molecule has 1 saturated heterocycles. The van der Waals surface area contributed by atoms with Crippen molar-refractivity contribution in [3.05, 3.63) is 16.3 Å². The van der Waals surface area contributed by atoms with E-state index in [2.05, 4.69) is 23.5 Å². The van der Waals surface area contributed by atoms with Crippen molar-refractivity contribution in [3.63, 3.8) is 0 Å². The van der Waals surface area contributed by atoms with Gasteiger partial charge >= 0.3 is 5.97 Å². The van der Waals surface area contributed by atoms with Gasteiger partial charge in [0.2, 0.25) is 10.0 Å². The lowest BCUT2D eigenvalue weighted by molar-refractivity contribution is 0.0698. The summed E-state index contributed by atoms with van der Waals surface area (Å²) in [6.45, 7) is 6.44. The van der Waals surface area contributed by atoms with Gasteiger partial charge in [-0.1, -0.05) is 0 Å². The van der Waals surface area contributed by atoms with Crippen molar-refractivity contribution < 1.29 is 18.3 Å². The molecule has 0 bridgehead atoms. The van der Waals surface area contributed by atoms with E-state index in [4.69, 9.17) is 5.11 Å². The first kappa shape index (κ1) is 16.4. The number of nitrogens with one attached hydrogen (secondary N) is 1. The lowest BCUT2D eigenvalue weighted by Gasteiger charge is -2.20. The predicted octanol–water partition coefficient (Wildman–Crippen LogP) is 1.45. The van der Waals surface area contributed by atoms with Gasteiger partial charge in [0.05, 0.1) is 0 Å². The number of carboxylic acid groups (broad SMARTS) is 1. The molecule has 0 spiro atoms. The number of nitrogens with zero attached hydrogens (tertiary/aromatic N) is 1. The van der Waals surface area contributed by atoms with E-state index in [9.17, 15) is 13.2 Å². The average molecular weight is 332 g/mol. The van der Waals surface area contributed by atoms with Crippen LogP contribution >= 0.6 is 11.3 Å². The van der Waals surface area contributed by atoms with Crippen molar-refractivity contribution in [2.75, 3.05) is 19.6 Å². The number of rotatable bonds is 6. The van der Waals surface area contributed by atoms with Gasteiger partial charge in [0.15, 0.2) is 0 Å². The van der Waals surface area contributed by atoms with Crippen LogP contribution in [0.15, 0.2) is 16.3 Å². The summed E-state index contributed by atoms with van der Waals surface area (Å²) in [6.07, 6.45) is 0.954. The highest BCUT2D eigenvalue weighted by molar-refractivity contribution is 7.89. The van der Waals surface area contributed by atoms with Crippen molar-refractivity contribution in [2.24, 2.45) is 5.92 Å². The smallest absolute Gasteiger partial charge is 0.347 e. The molecule has 1 aliphatic heterocycles. The molecule has 118 valence electrons. The SMILES string of the molecule is CC(C)N1CCC(CNS(=O)(=O)c2ccsc2C(=O)O)C1. The fourth-order valence-electron chi connectivity index (χ4n) is 2.47. The molecule has 1 fully saturated rings. The maximum atomic E-state index is 12.2. The Hall–Kier alpha value is -0.960. The van der Waals surface area contributed by atoms with Gasteiger partial charge in [-0.2, -0.15) is 0 Å². The maximum Gasteiger partial charge on any atom is 0.347 e. The Bertz CT molecular complexity index is 609. The molecule has 1 aromatic rings. The van der Waals surface area contributed by atoms with Crippen molar-refractivity contribution in [1.82, 2.24) is 9.62 Å². The van der Waals surface area contributed by atoms with Gasteiger partial charge in [-0.3, -0.25) is 0 Å². The number of sulfonamides is 1. The zero-order valence-corrected chi connectivity index (χ0v) is 13.7. The first-order chi connectivity index (χ1) is 9.81. The van der Waals surface area contributed by atoms with Crippen molar-refractivity contribution in [2.45, 2.75) is 31.2 Å². The number of hydrogen-bond donors (Lipinski definition) is 2. The largest absolute Gasteiger partial charge is 0.477 e. The minimum Gasteiger partial charge on any atom is -0.477 e. The second-order valence-corrected chi connectivity index (χ2v) is 8.17. The Labute approximate surface area is 128 Å². The summed E-state index contributed by atoms with van der Waals surface area (Å²) in [7, 11) is -3.76. The number of aromatic carboxylic acids is 1. The lowest BCUT2D eigenvalue weighted by atomic mass is 10.1. The van der Waals surface area contributed by atoms with Crippen molar-refractivity contribution in [1.29, 1.82) is 0 Å². The van der Waals surface area contributed by atoms with Crippen LogP contribution in [0.3, 0.4) is 0 Å². The summed E-state index contributed by atoms with van der Waals surface area (Å²) in [6, 6.07) is 1.80. The summed E-state index contributed by atoms with van der Waals surface area (Å²) in [4.78, 5) is 13.1. The predicted molar refractivity (Wildman–Crippen MR) is 81.3 cm³/mol. The van der Waals surface area contributed by atoms with Gasteiger partial charge in [0.1, 0.15) is 9.77 Å². The molecule has 0 saturated carbocycles.